The average molecular weight is 325 g/mol. The fourth-order valence-electron chi connectivity index (χ4n) is 3.81. The highest BCUT2D eigenvalue weighted by Crippen LogP contribution is 2.31. The number of Topliss-reactive ketones (excluding diaryl/α,β-unsaturated/α-hetero) is 1. The van der Waals surface area contributed by atoms with Crippen LogP contribution < -0.4 is 0 Å². The summed E-state index contributed by atoms with van der Waals surface area (Å²) in [5.74, 6) is 1.82. The van der Waals surface area contributed by atoms with Crippen molar-refractivity contribution in [1.29, 1.82) is 0 Å². The molecule has 1 aromatic rings. The Morgan fingerprint density at radius 2 is 1.62 bits per heavy atom. The second-order valence-electron chi connectivity index (χ2n) is 6.76. The summed E-state index contributed by atoms with van der Waals surface area (Å²) in [6, 6.07) is 8.28. The van der Waals surface area contributed by atoms with Crippen molar-refractivity contribution in [1.82, 2.24) is 0 Å². The molecule has 0 bridgehead atoms. The van der Waals surface area contributed by atoms with Gasteiger partial charge in [-0.2, -0.15) is 0 Å². The molecule has 130 valence electrons. The molecule has 1 unspecified atom stereocenters. The maximum atomic E-state index is 12.8. The molecule has 0 amide bonds. The van der Waals surface area contributed by atoms with Crippen molar-refractivity contribution in [3.8, 4) is 0 Å². The minimum absolute atomic E-state index is 0.244. The van der Waals surface area contributed by atoms with Crippen LogP contribution in [0.4, 0.5) is 0 Å². The summed E-state index contributed by atoms with van der Waals surface area (Å²) in [6.45, 7) is 6.28. The molecule has 1 saturated carbocycles. The topological polar surface area (TPSA) is 17.1 Å². The number of ketones is 1. The van der Waals surface area contributed by atoms with Gasteiger partial charge in [-0.05, 0) is 30.7 Å². The Balaban J connectivity index is 0.00000100. The standard InChI is InChI=1S/C21H26O.C2H6/c1-2-16-6-5-9-19(11-10-16)21(22)20-14-12-18(13-15-20)17-7-3-4-8-17;1-2/h3-4,7-8,12-17,19H,2,5-6,9-11H2,1H3;1-2H3/t16?,19-;/m1./s1. The first kappa shape index (κ1) is 18.7. The van der Waals surface area contributed by atoms with E-state index in [9.17, 15) is 4.79 Å². The molecule has 0 aromatic heterocycles. The van der Waals surface area contributed by atoms with Crippen LogP contribution in [0, 0.1) is 11.8 Å². The van der Waals surface area contributed by atoms with E-state index in [1.54, 1.807) is 0 Å². The minimum atomic E-state index is 0.244. The van der Waals surface area contributed by atoms with Gasteiger partial charge in [0.2, 0.25) is 0 Å². The predicted molar refractivity (Wildman–Crippen MR) is 103 cm³/mol. The largest absolute Gasteiger partial charge is 0.294 e. The predicted octanol–water partition coefficient (Wildman–Crippen LogP) is 6.71. The van der Waals surface area contributed by atoms with Gasteiger partial charge in [-0.1, -0.05) is 88.6 Å². The van der Waals surface area contributed by atoms with Crippen LogP contribution in [-0.4, -0.2) is 5.78 Å². The molecular formula is C23H32O. The lowest BCUT2D eigenvalue weighted by atomic mass is 9.89. The zero-order valence-electron chi connectivity index (χ0n) is 15.5. The van der Waals surface area contributed by atoms with Crippen molar-refractivity contribution in [3.05, 3.63) is 59.7 Å². The van der Waals surface area contributed by atoms with E-state index in [1.165, 1.54) is 31.2 Å². The molecule has 1 fully saturated rings. The summed E-state index contributed by atoms with van der Waals surface area (Å²) < 4.78 is 0. The van der Waals surface area contributed by atoms with Gasteiger partial charge in [-0.3, -0.25) is 4.79 Å². The number of benzene rings is 1. The van der Waals surface area contributed by atoms with Crippen LogP contribution in [0.15, 0.2) is 48.6 Å². The summed E-state index contributed by atoms with van der Waals surface area (Å²) in [5.41, 5.74) is 2.17. The third kappa shape index (κ3) is 4.69. The zero-order valence-corrected chi connectivity index (χ0v) is 15.5. The molecule has 2 aliphatic carbocycles. The molecule has 1 nitrogen and oxygen atoms in total. The number of allylic oxidation sites excluding steroid dienone is 4. The number of hydrogen-bond donors (Lipinski definition) is 0. The molecule has 0 spiro atoms. The molecule has 0 radical (unpaired) electrons. The van der Waals surface area contributed by atoms with Gasteiger partial charge in [0.05, 0.1) is 0 Å². The first-order chi connectivity index (χ1) is 11.8. The van der Waals surface area contributed by atoms with Crippen LogP contribution in [0.2, 0.25) is 0 Å². The van der Waals surface area contributed by atoms with E-state index in [0.29, 0.717) is 11.7 Å². The molecule has 0 heterocycles. The lowest BCUT2D eigenvalue weighted by Crippen LogP contribution is -2.14. The molecule has 0 saturated heterocycles. The van der Waals surface area contributed by atoms with Crippen LogP contribution in [0.1, 0.15) is 81.1 Å². The molecule has 0 N–H and O–H groups in total. The second-order valence-corrected chi connectivity index (χ2v) is 6.76. The van der Waals surface area contributed by atoms with Gasteiger partial charge in [0.15, 0.2) is 5.78 Å². The molecular weight excluding hydrogens is 292 g/mol. The lowest BCUT2D eigenvalue weighted by molar-refractivity contribution is 0.0907. The summed E-state index contributed by atoms with van der Waals surface area (Å²) in [5, 5.41) is 0. The Labute approximate surface area is 147 Å². The summed E-state index contributed by atoms with van der Waals surface area (Å²) >= 11 is 0. The molecule has 3 rings (SSSR count). The Bertz CT molecular complexity index is 552. The smallest absolute Gasteiger partial charge is 0.165 e. The van der Waals surface area contributed by atoms with E-state index in [4.69, 9.17) is 0 Å². The maximum absolute atomic E-state index is 12.8. The van der Waals surface area contributed by atoms with Crippen LogP contribution in [0.5, 0.6) is 0 Å². The first-order valence-electron chi connectivity index (χ1n) is 9.77. The van der Waals surface area contributed by atoms with E-state index in [-0.39, 0.29) is 5.92 Å². The SMILES string of the molecule is CC.CCC1CCC[C@@H](C(=O)c2ccc(C3C=CC=C3)cc2)CC1. The van der Waals surface area contributed by atoms with Crippen molar-refractivity contribution < 1.29 is 4.79 Å². The van der Waals surface area contributed by atoms with Crippen molar-refractivity contribution in [2.24, 2.45) is 11.8 Å². The van der Waals surface area contributed by atoms with Gasteiger partial charge in [-0.25, -0.2) is 0 Å². The van der Waals surface area contributed by atoms with Crippen molar-refractivity contribution in [3.63, 3.8) is 0 Å². The third-order valence-electron chi connectivity index (χ3n) is 5.36. The van der Waals surface area contributed by atoms with E-state index >= 15 is 0 Å². The maximum Gasteiger partial charge on any atom is 0.165 e. The third-order valence-corrected chi connectivity index (χ3v) is 5.36. The van der Waals surface area contributed by atoms with Gasteiger partial charge in [0.25, 0.3) is 0 Å². The Morgan fingerprint density at radius 1 is 0.958 bits per heavy atom. The van der Waals surface area contributed by atoms with Gasteiger partial charge < -0.3 is 0 Å². The monoisotopic (exact) mass is 324 g/mol. The number of carbonyl (C=O) groups excluding carboxylic acids is 1. The van der Waals surface area contributed by atoms with Crippen molar-refractivity contribution >= 4 is 5.78 Å². The van der Waals surface area contributed by atoms with Crippen molar-refractivity contribution in [2.45, 2.75) is 65.2 Å². The molecule has 1 heteroatoms. The van der Waals surface area contributed by atoms with Crippen LogP contribution >= 0.6 is 0 Å². The Morgan fingerprint density at radius 3 is 2.25 bits per heavy atom. The minimum Gasteiger partial charge on any atom is -0.294 e. The molecule has 24 heavy (non-hydrogen) atoms. The highest BCUT2D eigenvalue weighted by Gasteiger charge is 2.24. The quantitative estimate of drug-likeness (QED) is 0.444. The van der Waals surface area contributed by atoms with E-state index < -0.39 is 0 Å². The number of carbonyl (C=O) groups is 1. The van der Waals surface area contributed by atoms with Crippen LogP contribution in [0.3, 0.4) is 0 Å². The highest BCUT2D eigenvalue weighted by molar-refractivity contribution is 5.97. The number of rotatable bonds is 4. The van der Waals surface area contributed by atoms with Gasteiger partial charge in [0, 0.05) is 17.4 Å². The molecule has 0 aliphatic heterocycles. The Kier molecular flexibility index (Phi) is 7.49. The second kappa shape index (κ2) is 9.61. The molecule has 2 atom stereocenters. The van der Waals surface area contributed by atoms with Crippen LogP contribution in [0.25, 0.3) is 0 Å². The molecule has 2 aliphatic rings. The fraction of sp³-hybridized carbons (Fsp3) is 0.522. The van der Waals surface area contributed by atoms with Crippen molar-refractivity contribution in [2.75, 3.05) is 0 Å². The summed E-state index contributed by atoms with van der Waals surface area (Å²) in [6.07, 6.45) is 15.7. The van der Waals surface area contributed by atoms with Crippen LogP contribution in [-0.2, 0) is 0 Å². The zero-order chi connectivity index (χ0) is 17.4. The lowest BCUT2D eigenvalue weighted by Gasteiger charge is -2.14. The summed E-state index contributed by atoms with van der Waals surface area (Å²) in [4.78, 5) is 12.8. The highest BCUT2D eigenvalue weighted by atomic mass is 16.1. The van der Waals surface area contributed by atoms with E-state index in [1.807, 2.05) is 26.0 Å². The van der Waals surface area contributed by atoms with Gasteiger partial charge in [0.1, 0.15) is 0 Å². The number of hydrogen-bond acceptors (Lipinski definition) is 1. The summed E-state index contributed by atoms with van der Waals surface area (Å²) in [7, 11) is 0. The van der Waals surface area contributed by atoms with Gasteiger partial charge >= 0.3 is 0 Å². The fourth-order valence-corrected chi connectivity index (χ4v) is 3.81. The normalized spacial score (nSPS) is 23.5. The van der Waals surface area contributed by atoms with E-state index in [0.717, 1.165) is 24.3 Å². The first-order valence-corrected chi connectivity index (χ1v) is 9.77. The average Bonchev–Trinajstić information content (AvgIpc) is 3.08. The van der Waals surface area contributed by atoms with E-state index in [2.05, 4.69) is 43.4 Å². The molecule has 1 aromatic carbocycles. The van der Waals surface area contributed by atoms with Gasteiger partial charge in [-0.15, -0.1) is 0 Å². The Hall–Kier alpha value is -1.63.